The molecule has 0 amide bonds. The van der Waals surface area contributed by atoms with Crippen LogP contribution in [0.4, 0.5) is 0 Å². The van der Waals surface area contributed by atoms with E-state index in [-0.39, 0.29) is 5.54 Å². The molecule has 116 valence electrons. The Morgan fingerprint density at radius 1 is 1.00 bits per heavy atom. The number of hydrogen-bond acceptors (Lipinski definition) is 2. The molecule has 3 rings (SSSR count). The fraction of sp³-hybridized carbons (Fsp3) is 0.667. The Morgan fingerprint density at radius 2 is 1.62 bits per heavy atom. The maximum absolute atomic E-state index is 6.86. The lowest BCUT2D eigenvalue weighted by atomic mass is 9.73. The van der Waals surface area contributed by atoms with Crippen LogP contribution in [0.1, 0.15) is 67.2 Å². The summed E-state index contributed by atoms with van der Waals surface area (Å²) < 4.78 is 6.98. The zero-order valence-corrected chi connectivity index (χ0v) is 14.8. The van der Waals surface area contributed by atoms with E-state index in [1.165, 1.54) is 60.8 Å². The second kappa shape index (κ2) is 5.92. The van der Waals surface area contributed by atoms with Crippen LogP contribution in [-0.2, 0) is 18.4 Å². The van der Waals surface area contributed by atoms with Gasteiger partial charge in [-0.1, -0.05) is 19.3 Å². The molecule has 0 aliphatic heterocycles. The average molecular weight is 352 g/mol. The molecule has 2 N–H and O–H groups in total. The van der Waals surface area contributed by atoms with Crippen LogP contribution in [0.3, 0.4) is 0 Å². The molecule has 21 heavy (non-hydrogen) atoms. The fourth-order valence-corrected chi connectivity index (χ4v) is 5.15. The Kier molecular flexibility index (Phi) is 4.33. The van der Waals surface area contributed by atoms with E-state index < -0.39 is 0 Å². The summed E-state index contributed by atoms with van der Waals surface area (Å²) in [5.41, 5.74) is 12.3. The van der Waals surface area contributed by atoms with E-state index in [9.17, 15) is 0 Å². The third kappa shape index (κ3) is 2.53. The van der Waals surface area contributed by atoms with Crippen LogP contribution >= 0.6 is 15.9 Å². The number of halogens is 1. The van der Waals surface area contributed by atoms with Gasteiger partial charge in [0.1, 0.15) is 5.75 Å². The second-order valence-electron chi connectivity index (χ2n) is 6.73. The van der Waals surface area contributed by atoms with Crippen molar-refractivity contribution in [1.29, 1.82) is 0 Å². The Morgan fingerprint density at radius 3 is 2.24 bits per heavy atom. The molecule has 3 heteroatoms. The van der Waals surface area contributed by atoms with Crippen LogP contribution < -0.4 is 10.5 Å². The van der Waals surface area contributed by atoms with Crippen molar-refractivity contribution in [3.05, 3.63) is 26.7 Å². The summed E-state index contributed by atoms with van der Waals surface area (Å²) >= 11 is 3.82. The van der Waals surface area contributed by atoms with Gasteiger partial charge in [-0.05, 0) is 78.1 Å². The first-order valence-electron chi connectivity index (χ1n) is 8.25. The molecule has 0 unspecified atom stereocenters. The van der Waals surface area contributed by atoms with E-state index in [1.54, 1.807) is 7.11 Å². The van der Waals surface area contributed by atoms with Gasteiger partial charge in [-0.25, -0.2) is 0 Å². The van der Waals surface area contributed by atoms with Crippen molar-refractivity contribution in [1.82, 2.24) is 0 Å². The van der Waals surface area contributed by atoms with Crippen molar-refractivity contribution < 1.29 is 4.74 Å². The van der Waals surface area contributed by atoms with Gasteiger partial charge in [0.15, 0.2) is 0 Å². The van der Waals surface area contributed by atoms with E-state index in [0.717, 1.165) is 29.5 Å². The van der Waals surface area contributed by atoms with Gasteiger partial charge in [0.25, 0.3) is 0 Å². The van der Waals surface area contributed by atoms with E-state index in [4.69, 9.17) is 10.5 Å². The topological polar surface area (TPSA) is 35.2 Å². The molecule has 2 nitrogen and oxygen atoms in total. The normalized spacial score (nSPS) is 21.0. The van der Waals surface area contributed by atoms with Crippen LogP contribution in [0.15, 0.2) is 4.47 Å². The molecule has 1 aromatic rings. The van der Waals surface area contributed by atoms with E-state index in [1.807, 2.05) is 0 Å². The van der Waals surface area contributed by atoms with Gasteiger partial charge in [0.05, 0.1) is 11.6 Å². The van der Waals surface area contributed by atoms with Crippen molar-refractivity contribution in [3.63, 3.8) is 0 Å². The number of rotatable bonds is 2. The first-order chi connectivity index (χ1) is 10.1. The molecule has 0 atom stereocenters. The Labute approximate surface area is 136 Å². The maximum Gasteiger partial charge on any atom is 0.138 e. The predicted molar refractivity (Wildman–Crippen MR) is 91.0 cm³/mol. The van der Waals surface area contributed by atoms with Crippen LogP contribution in [0.25, 0.3) is 0 Å². The van der Waals surface area contributed by atoms with Crippen LogP contribution in [-0.4, -0.2) is 7.11 Å². The maximum atomic E-state index is 6.86. The summed E-state index contributed by atoms with van der Waals surface area (Å²) in [6.45, 7) is 2.26. The number of fused-ring (bicyclic) bond motifs is 1. The van der Waals surface area contributed by atoms with Crippen LogP contribution in [0, 0.1) is 6.92 Å². The van der Waals surface area contributed by atoms with Crippen molar-refractivity contribution in [2.75, 3.05) is 7.11 Å². The molecule has 0 heterocycles. The Balaban J connectivity index is 2.21. The zero-order chi connectivity index (χ0) is 15.0. The van der Waals surface area contributed by atoms with Gasteiger partial charge >= 0.3 is 0 Å². The summed E-state index contributed by atoms with van der Waals surface area (Å²) in [5.74, 6) is 0.998. The highest BCUT2D eigenvalue weighted by atomic mass is 79.9. The second-order valence-corrected chi connectivity index (χ2v) is 7.52. The zero-order valence-electron chi connectivity index (χ0n) is 13.2. The molecular weight excluding hydrogens is 326 g/mol. The van der Waals surface area contributed by atoms with Crippen molar-refractivity contribution in [3.8, 4) is 5.75 Å². The van der Waals surface area contributed by atoms with Gasteiger partial charge in [0.2, 0.25) is 0 Å². The van der Waals surface area contributed by atoms with E-state index in [2.05, 4.69) is 22.9 Å². The molecular formula is C18H26BrNO. The van der Waals surface area contributed by atoms with E-state index in [0.29, 0.717) is 0 Å². The van der Waals surface area contributed by atoms with Crippen molar-refractivity contribution >= 4 is 15.9 Å². The predicted octanol–water partition coefficient (Wildman–Crippen LogP) is 4.76. The standard InChI is InChI=1S/C18H26BrNO/c1-12-13-8-4-5-9-14(13)16(19)17(21-2)15(12)18(20)10-6-3-7-11-18/h3-11,20H2,1-2H3. The summed E-state index contributed by atoms with van der Waals surface area (Å²) in [4.78, 5) is 0. The van der Waals surface area contributed by atoms with Gasteiger partial charge in [-0.15, -0.1) is 0 Å². The van der Waals surface area contributed by atoms with Gasteiger partial charge in [-0.2, -0.15) is 0 Å². The lowest BCUT2D eigenvalue weighted by molar-refractivity contribution is 0.286. The van der Waals surface area contributed by atoms with Gasteiger partial charge in [0, 0.05) is 11.1 Å². The first kappa shape index (κ1) is 15.4. The highest BCUT2D eigenvalue weighted by molar-refractivity contribution is 9.10. The Hall–Kier alpha value is -0.540. The molecule has 1 aromatic carbocycles. The van der Waals surface area contributed by atoms with E-state index >= 15 is 0 Å². The highest BCUT2D eigenvalue weighted by Gasteiger charge is 2.36. The summed E-state index contributed by atoms with van der Waals surface area (Å²) in [6, 6.07) is 0. The lowest BCUT2D eigenvalue weighted by Crippen LogP contribution is -2.40. The van der Waals surface area contributed by atoms with Gasteiger partial charge < -0.3 is 10.5 Å². The minimum absolute atomic E-state index is 0.206. The molecule has 0 spiro atoms. The third-order valence-electron chi connectivity index (χ3n) is 5.43. The minimum Gasteiger partial charge on any atom is -0.495 e. The quantitative estimate of drug-likeness (QED) is 0.833. The van der Waals surface area contributed by atoms with Crippen LogP contribution in [0.2, 0.25) is 0 Å². The largest absolute Gasteiger partial charge is 0.495 e. The summed E-state index contributed by atoms with van der Waals surface area (Å²) in [6.07, 6.45) is 10.8. The fourth-order valence-electron chi connectivity index (χ4n) is 4.35. The number of ether oxygens (including phenoxy) is 1. The number of hydrogen-bond donors (Lipinski definition) is 1. The van der Waals surface area contributed by atoms with Crippen molar-refractivity contribution in [2.24, 2.45) is 5.73 Å². The molecule has 0 saturated heterocycles. The number of benzene rings is 1. The SMILES string of the molecule is COc1c(Br)c2c(c(C)c1C1(N)CCCCC1)CCCC2. The first-order valence-corrected chi connectivity index (χ1v) is 9.05. The highest BCUT2D eigenvalue weighted by Crippen LogP contribution is 2.48. The molecule has 0 radical (unpaired) electrons. The minimum atomic E-state index is -0.206. The lowest BCUT2D eigenvalue weighted by Gasteiger charge is -2.38. The average Bonchev–Trinajstić information content (AvgIpc) is 2.51. The molecule has 1 fully saturated rings. The monoisotopic (exact) mass is 351 g/mol. The van der Waals surface area contributed by atoms with Gasteiger partial charge in [-0.3, -0.25) is 0 Å². The van der Waals surface area contributed by atoms with Crippen LogP contribution in [0.5, 0.6) is 5.75 Å². The molecule has 2 aliphatic carbocycles. The third-order valence-corrected chi connectivity index (χ3v) is 6.27. The molecule has 2 aliphatic rings. The Bertz CT molecular complexity index is 547. The number of methoxy groups -OCH3 is 1. The van der Waals surface area contributed by atoms with Crippen molar-refractivity contribution in [2.45, 2.75) is 70.3 Å². The summed E-state index contributed by atoms with van der Waals surface area (Å²) in [7, 11) is 1.78. The molecule has 0 bridgehead atoms. The number of nitrogens with two attached hydrogens (primary N) is 1. The molecule has 1 saturated carbocycles. The summed E-state index contributed by atoms with van der Waals surface area (Å²) in [5, 5.41) is 0. The molecule has 0 aromatic heterocycles. The smallest absolute Gasteiger partial charge is 0.138 e.